The molecule has 0 fully saturated rings. The number of carbonyl (C=O) groups is 1. The van der Waals surface area contributed by atoms with Gasteiger partial charge in [-0.2, -0.15) is 0 Å². The van der Waals surface area contributed by atoms with Crippen molar-refractivity contribution in [3.63, 3.8) is 0 Å². The van der Waals surface area contributed by atoms with Crippen LogP contribution in [0.4, 0.5) is 10.1 Å². The zero-order valence-corrected chi connectivity index (χ0v) is 15.2. The first-order chi connectivity index (χ1) is 11.6. The molecule has 1 amide bonds. The third kappa shape index (κ3) is 4.32. The zero-order chi connectivity index (χ0) is 16.9. The van der Waals surface area contributed by atoms with Gasteiger partial charge in [0.05, 0.1) is 11.4 Å². The minimum atomic E-state index is -0.378. The first-order valence-electron chi connectivity index (χ1n) is 6.88. The van der Waals surface area contributed by atoms with Crippen molar-refractivity contribution in [2.45, 2.75) is 5.22 Å². The molecule has 0 radical (unpaired) electrons. The highest BCUT2D eigenvalue weighted by molar-refractivity contribution is 14.1. The van der Waals surface area contributed by atoms with Gasteiger partial charge in [-0.05, 0) is 52.9 Å². The summed E-state index contributed by atoms with van der Waals surface area (Å²) in [6.45, 7) is 0. The Morgan fingerprint density at radius 2 is 2.04 bits per heavy atom. The highest BCUT2D eigenvalue weighted by Crippen LogP contribution is 2.24. The molecule has 8 heteroatoms. The lowest BCUT2D eigenvalue weighted by Crippen LogP contribution is -2.14. The number of benzene rings is 2. The van der Waals surface area contributed by atoms with Crippen LogP contribution in [0, 0.1) is 9.39 Å². The molecule has 2 aromatic carbocycles. The number of anilines is 1. The number of para-hydroxylation sites is 1. The second-order valence-electron chi connectivity index (χ2n) is 4.70. The molecule has 3 rings (SSSR count). The van der Waals surface area contributed by atoms with Crippen molar-refractivity contribution in [3.8, 4) is 11.5 Å². The van der Waals surface area contributed by atoms with Crippen LogP contribution in [0.3, 0.4) is 0 Å². The maximum absolute atomic E-state index is 13.2. The van der Waals surface area contributed by atoms with Gasteiger partial charge in [-0.3, -0.25) is 4.79 Å². The molecular formula is C16H11FIN3O2S. The van der Waals surface area contributed by atoms with E-state index >= 15 is 0 Å². The first-order valence-corrected chi connectivity index (χ1v) is 8.95. The fourth-order valence-corrected chi connectivity index (χ4v) is 2.97. The normalized spacial score (nSPS) is 10.6. The van der Waals surface area contributed by atoms with Crippen LogP contribution >= 0.6 is 34.4 Å². The van der Waals surface area contributed by atoms with E-state index in [1.807, 2.05) is 24.3 Å². The SMILES string of the molecule is O=C(CSc1nnc(-c2cccc(F)c2)o1)Nc1ccccc1I. The summed E-state index contributed by atoms with van der Waals surface area (Å²) in [5.41, 5.74) is 1.26. The van der Waals surface area contributed by atoms with E-state index in [4.69, 9.17) is 4.42 Å². The van der Waals surface area contributed by atoms with Crippen LogP contribution in [0.25, 0.3) is 11.5 Å². The van der Waals surface area contributed by atoms with Gasteiger partial charge >= 0.3 is 0 Å². The number of nitrogens with zero attached hydrogens (tertiary/aromatic N) is 2. The molecule has 0 bridgehead atoms. The maximum atomic E-state index is 13.2. The van der Waals surface area contributed by atoms with Crippen LogP contribution in [0.15, 0.2) is 58.2 Å². The standard InChI is InChI=1S/C16H11FIN3O2S/c17-11-5-3-4-10(8-11)15-20-21-16(23-15)24-9-14(22)19-13-7-2-1-6-12(13)18/h1-8H,9H2,(H,19,22). The predicted molar refractivity (Wildman–Crippen MR) is 98.2 cm³/mol. The molecule has 1 heterocycles. The van der Waals surface area contributed by atoms with Gasteiger partial charge in [-0.15, -0.1) is 10.2 Å². The van der Waals surface area contributed by atoms with Crippen LogP contribution in [0.1, 0.15) is 0 Å². The molecule has 0 spiro atoms. The van der Waals surface area contributed by atoms with Crippen LogP contribution < -0.4 is 5.32 Å². The lowest BCUT2D eigenvalue weighted by Gasteiger charge is -2.05. The summed E-state index contributed by atoms with van der Waals surface area (Å²) in [5, 5.41) is 10.8. The number of hydrogen-bond donors (Lipinski definition) is 1. The minimum absolute atomic E-state index is 0.135. The number of halogens is 2. The molecule has 0 unspecified atom stereocenters. The Bertz CT molecular complexity index is 872. The fraction of sp³-hybridized carbons (Fsp3) is 0.0625. The lowest BCUT2D eigenvalue weighted by molar-refractivity contribution is -0.113. The molecule has 3 aromatic rings. The molecule has 1 N–H and O–H groups in total. The number of nitrogens with one attached hydrogen (secondary N) is 1. The summed E-state index contributed by atoms with van der Waals surface area (Å²) in [5.74, 6) is -0.197. The van der Waals surface area contributed by atoms with Gasteiger partial charge in [-0.1, -0.05) is 30.0 Å². The van der Waals surface area contributed by atoms with Crippen molar-refractivity contribution >= 4 is 45.9 Å². The van der Waals surface area contributed by atoms with E-state index in [0.29, 0.717) is 5.56 Å². The van der Waals surface area contributed by atoms with E-state index in [-0.39, 0.29) is 28.6 Å². The van der Waals surface area contributed by atoms with Crippen molar-refractivity contribution in [2.24, 2.45) is 0 Å². The van der Waals surface area contributed by atoms with E-state index in [2.05, 4.69) is 38.1 Å². The van der Waals surface area contributed by atoms with Gasteiger partial charge in [0, 0.05) is 9.13 Å². The van der Waals surface area contributed by atoms with E-state index in [1.54, 1.807) is 12.1 Å². The van der Waals surface area contributed by atoms with Gasteiger partial charge in [0.2, 0.25) is 11.8 Å². The van der Waals surface area contributed by atoms with Crippen molar-refractivity contribution in [1.29, 1.82) is 0 Å². The number of thioether (sulfide) groups is 1. The van der Waals surface area contributed by atoms with Crippen LogP contribution in [-0.4, -0.2) is 21.9 Å². The second kappa shape index (κ2) is 7.75. The highest BCUT2D eigenvalue weighted by Gasteiger charge is 2.12. The summed E-state index contributed by atoms with van der Waals surface area (Å²) in [7, 11) is 0. The molecule has 0 aliphatic heterocycles. The summed E-state index contributed by atoms with van der Waals surface area (Å²) < 4.78 is 19.6. The number of rotatable bonds is 5. The Kier molecular flexibility index (Phi) is 5.46. The number of amides is 1. The maximum Gasteiger partial charge on any atom is 0.277 e. The average Bonchev–Trinajstić information content (AvgIpc) is 3.04. The number of carbonyl (C=O) groups excluding carboxylic acids is 1. The third-order valence-electron chi connectivity index (χ3n) is 2.95. The summed E-state index contributed by atoms with van der Waals surface area (Å²) in [4.78, 5) is 12.0. The van der Waals surface area contributed by atoms with E-state index in [0.717, 1.165) is 21.0 Å². The van der Waals surface area contributed by atoms with Crippen molar-refractivity contribution in [3.05, 3.63) is 57.9 Å². The van der Waals surface area contributed by atoms with Crippen LogP contribution in [0.5, 0.6) is 0 Å². The smallest absolute Gasteiger partial charge is 0.277 e. The van der Waals surface area contributed by atoms with Crippen LogP contribution in [0.2, 0.25) is 0 Å². The minimum Gasteiger partial charge on any atom is -0.411 e. The molecule has 0 saturated heterocycles. The molecule has 24 heavy (non-hydrogen) atoms. The molecule has 5 nitrogen and oxygen atoms in total. The molecule has 0 aliphatic rings. The Hall–Kier alpha value is -1.94. The highest BCUT2D eigenvalue weighted by atomic mass is 127. The second-order valence-corrected chi connectivity index (χ2v) is 6.79. The van der Waals surface area contributed by atoms with Gasteiger partial charge in [0.15, 0.2) is 0 Å². The summed E-state index contributed by atoms with van der Waals surface area (Å²) in [6, 6.07) is 13.4. The van der Waals surface area contributed by atoms with Gasteiger partial charge in [0.25, 0.3) is 5.22 Å². The first kappa shape index (κ1) is 16.9. The predicted octanol–water partition coefficient (Wildman–Crippen LogP) is 4.21. The molecule has 122 valence electrons. The van der Waals surface area contributed by atoms with E-state index in [9.17, 15) is 9.18 Å². The topological polar surface area (TPSA) is 68.0 Å². The van der Waals surface area contributed by atoms with Crippen molar-refractivity contribution in [2.75, 3.05) is 11.1 Å². The number of aromatic nitrogens is 2. The Balaban J connectivity index is 1.59. The third-order valence-corrected chi connectivity index (χ3v) is 4.71. The zero-order valence-electron chi connectivity index (χ0n) is 12.2. The Morgan fingerprint density at radius 3 is 2.83 bits per heavy atom. The summed E-state index contributed by atoms with van der Waals surface area (Å²) in [6.07, 6.45) is 0. The van der Waals surface area contributed by atoms with Gasteiger partial charge in [0.1, 0.15) is 5.82 Å². The van der Waals surface area contributed by atoms with E-state index in [1.165, 1.54) is 12.1 Å². The average molecular weight is 455 g/mol. The number of hydrogen-bond acceptors (Lipinski definition) is 5. The van der Waals surface area contributed by atoms with Crippen molar-refractivity contribution < 1.29 is 13.6 Å². The largest absolute Gasteiger partial charge is 0.411 e. The Labute approximate surface area is 155 Å². The molecule has 0 saturated carbocycles. The quantitative estimate of drug-likeness (QED) is 0.461. The molecule has 1 aromatic heterocycles. The Morgan fingerprint density at radius 1 is 1.21 bits per heavy atom. The van der Waals surface area contributed by atoms with Gasteiger partial charge in [-0.25, -0.2) is 4.39 Å². The van der Waals surface area contributed by atoms with Crippen LogP contribution in [-0.2, 0) is 4.79 Å². The fourth-order valence-electron chi connectivity index (χ4n) is 1.88. The lowest BCUT2D eigenvalue weighted by atomic mass is 10.2. The molecular weight excluding hydrogens is 444 g/mol. The molecule has 0 atom stereocenters. The monoisotopic (exact) mass is 455 g/mol. The van der Waals surface area contributed by atoms with E-state index < -0.39 is 0 Å². The molecule has 0 aliphatic carbocycles. The van der Waals surface area contributed by atoms with Crippen molar-refractivity contribution in [1.82, 2.24) is 10.2 Å². The summed E-state index contributed by atoms with van der Waals surface area (Å²) >= 11 is 3.28. The van der Waals surface area contributed by atoms with Gasteiger partial charge < -0.3 is 9.73 Å².